The SMILES string of the molecule is Cc1ccc(N2C[C@@H](c3nc(-c4ccc(NS(=O)(=O)c5ccccc5)cc4)no3)CC2=O)cc1. The summed E-state index contributed by atoms with van der Waals surface area (Å²) >= 11 is 0. The number of sulfonamides is 1. The first-order valence-electron chi connectivity index (χ1n) is 10.8. The third kappa shape index (κ3) is 4.42. The van der Waals surface area contributed by atoms with Crippen LogP contribution in [0.25, 0.3) is 11.4 Å². The fourth-order valence-electron chi connectivity index (χ4n) is 3.87. The van der Waals surface area contributed by atoms with Crippen LogP contribution in [0, 0.1) is 6.92 Å². The van der Waals surface area contributed by atoms with Gasteiger partial charge in [0.25, 0.3) is 10.0 Å². The molecular weight excluding hydrogens is 452 g/mol. The molecule has 0 spiro atoms. The van der Waals surface area contributed by atoms with E-state index in [1.54, 1.807) is 47.4 Å². The van der Waals surface area contributed by atoms with Crippen LogP contribution < -0.4 is 9.62 Å². The van der Waals surface area contributed by atoms with Gasteiger partial charge in [-0.25, -0.2) is 8.42 Å². The van der Waals surface area contributed by atoms with Gasteiger partial charge in [0.1, 0.15) is 0 Å². The largest absolute Gasteiger partial charge is 0.339 e. The summed E-state index contributed by atoms with van der Waals surface area (Å²) in [6.45, 7) is 2.48. The van der Waals surface area contributed by atoms with E-state index in [2.05, 4.69) is 14.9 Å². The maximum absolute atomic E-state index is 12.6. The highest BCUT2D eigenvalue weighted by atomic mass is 32.2. The van der Waals surface area contributed by atoms with Crippen molar-refractivity contribution in [1.29, 1.82) is 0 Å². The Hall–Kier alpha value is -3.98. The molecule has 172 valence electrons. The molecule has 1 aliphatic rings. The summed E-state index contributed by atoms with van der Waals surface area (Å²) < 4.78 is 33.0. The molecule has 1 aliphatic heterocycles. The van der Waals surface area contributed by atoms with Gasteiger partial charge in [-0.05, 0) is 55.5 Å². The number of aromatic nitrogens is 2. The summed E-state index contributed by atoms with van der Waals surface area (Å²) in [5.41, 5.74) is 3.09. The first-order chi connectivity index (χ1) is 16.4. The summed E-state index contributed by atoms with van der Waals surface area (Å²) in [6.07, 6.45) is 0.301. The number of aryl methyl sites for hydroxylation is 1. The van der Waals surface area contributed by atoms with Gasteiger partial charge in [0.05, 0.1) is 10.8 Å². The van der Waals surface area contributed by atoms with E-state index in [0.717, 1.165) is 11.3 Å². The second kappa shape index (κ2) is 8.75. The van der Waals surface area contributed by atoms with E-state index in [-0.39, 0.29) is 16.7 Å². The molecule has 1 fully saturated rings. The highest BCUT2D eigenvalue weighted by Gasteiger charge is 2.35. The number of benzene rings is 3. The Kier molecular flexibility index (Phi) is 5.62. The van der Waals surface area contributed by atoms with Gasteiger partial charge < -0.3 is 9.42 Å². The van der Waals surface area contributed by atoms with E-state index in [4.69, 9.17) is 4.52 Å². The minimum Gasteiger partial charge on any atom is -0.339 e. The number of nitrogens with one attached hydrogen (secondary N) is 1. The van der Waals surface area contributed by atoms with Crippen LogP contribution in [-0.4, -0.2) is 31.0 Å². The lowest BCUT2D eigenvalue weighted by Crippen LogP contribution is -2.24. The van der Waals surface area contributed by atoms with Crippen molar-refractivity contribution < 1.29 is 17.7 Å². The summed E-state index contributed by atoms with van der Waals surface area (Å²) in [7, 11) is -3.67. The minimum absolute atomic E-state index is 0.0173. The molecule has 34 heavy (non-hydrogen) atoms. The van der Waals surface area contributed by atoms with E-state index >= 15 is 0 Å². The van der Waals surface area contributed by atoms with Crippen molar-refractivity contribution in [3.8, 4) is 11.4 Å². The van der Waals surface area contributed by atoms with Crippen LogP contribution in [0.15, 0.2) is 88.3 Å². The predicted molar refractivity (Wildman–Crippen MR) is 128 cm³/mol. The maximum Gasteiger partial charge on any atom is 0.261 e. The maximum atomic E-state index is 12.6. The standard InChI is InChI=1S/C25H22N4O4S/c1-17-7-13-21(14-8-17)29-16-19(15-23(29)30)25-26-24(27-33-25)18-9-11-20(12-10-18)28-34(31,32)22-5-3-2-4-6-22/h2-14,19,28H,15-16H2,1H3/t19-/m0/s1. The van der Waals surface area contributed by atoms with Crippen molar-refractivity contribution in [2.24, 2.45) is 0 Å². The molecule has 0 radical (unpaired) electrons. The molecule has 1 aromatic heterocycles. The minimum atomic E-state index is -3.67. The average molecular weight is 475 g/mol. The number of hydrogen-bond acceptors (Lipinski definition) is 6. The Morgan fingerprint density at radius 3 is 2.38 bits per heavy atom. The van der Waals surface area contributed by atoms with Crippen LogP contribution in [0.3, 0.4) is 0 Å². The Balaban J connectivity index is 1.28. The van der Waals surface area contributed by atoms with E-state index in [1.165, 1.54) is 12.1 Å². The molecular formula is C25H22N4O4S. The first-order valence-corrected chi connectivity index (χ1v) is 12.3. The molecule has 1 N–H and O–H groups in total. The number of carbonyl (C=O) groups excluding carboxylic acids is 1. The molecule has 9 heteroatoms. The molecule has 0 aliphatic carbocycles. The van der Waals surface area contributed by atoms with Gasteiger partial charge in [0, 0.05) is 29.9 Å². The van der Waals surface area contributed by atoms with Crippen molar-refractivity contribution >= 4 is 27.3 Å². The molecule has 1 atom stereocenters. The van der Waals surface area contributed by atoms with E-state index in [0.29, 0.717) is 35.9 Å². The molecule has 3 aromatic carbocycles. The molecule has 0 unspecified atom stereocenters. The zero-order valence-electron chi connectivity index (χ0n) is 18.4. The Bertz CT molecular complexity index is 1420. The van der Waals surface area contributed by atoms with Crippen LogP contribution in [0.2, 0.25) is 0 Å². The van der Waals surface area contributed by atoms with E-state index < -0.39 is 10.0 Å². The van der Waals surface area contributed by atoms with Gasteiger partial charge in [-0.3, -0.25) is 9.52 Å². The lowest BCUT2D eigenvalue weighted by molar-refractivity contribution is -0.117. The molecule has 1 amide bonds. The number of nitrogens with zero attached hydrogens (tertiary/aromatic N) is 3. The Labute approximate surface area is 197 Å². The highest BCUT2D eigenvalue weighted by Crippen LogP contribution is 2.32. The molecule has 4 aromatic rings. The van der Waals surface area contributed by atoms with E-state index in [9.17, 15) is 13.2 Å². The summed E-state index contributed by atoms with van der Waals surface area (Å²) in [5.74, 6) is 0.621. The Morgan fingerprint density at radius 2 is 1.68 bits per heavy atom. The van der Waals surface area contributed by atoms with Crippen molar-refractivity contribution in [2.45, 2.75) is 24.2 Å². The highest BCUT2D eigenvalue weighted by molar-refractivity contribution is 7.92. The summed E-state index contributed by atoms with van der Waals surface area (Å²) in [4.78, 5) is 19.0. The Morgan fingerprint density at radius 1 is 0.971 bits per heavy atom. The fourth-order valence-corrected chi connectivity index (χ4v) is 4.95. The third-order valence-corrected chi connectivity index (χ3v) is 7.11. The van der Waals surface area contributed by atoms with Crippen molar-refractivity contribution in [3.05, 3.63) is 90.3 Å². The molecule has 1 saturated heterocycles. The fraction of sp³-hybridized carbons (Fsp3) is 0.160. The van der Waals surface area contributed by atoms with Crippen molar-refractivity contribution in [2.75, 3.05) is 16.2 Å². The number of hydrogen-bond donors (Lipinski definition) is 1. The van der Waals surface area contributed by atoms with Gasteiger partial charge in [-0.1, -0.05) is 41.1 Å². The monoisotopic (exact) mass is 474 g/mol. The molecule has 0 saturated carbocycles. The molecule has 0 bridgehead atoms. The second-order valence-electron chi connectivity index (χ2n) is 8.19. The molecule has 2 heterocycles. The summed E-state index contributed by atoms with van der Waals surface area (Å²) in [6, 6.07) is 22.7. The normalized spacial score (nSPS) is 16.1. The van der Waals surface area contributed by atoms with Gasteiger partial charge in [0.15, 0.2) is 0 Å². The van der Waals surface area contributed by atoms with Crippen molar-refractivity contribution in [1.82, 2.24) is 10.1 Å². The van der Waals surface area contributed by atoms with Crippen molar-refractivity contribution in [3.63, 3.8) is 0 Å². The van der Waals surface area contributed by atoms with Crippen LogP contribution in [0.5, 0.6) is 0 Å². The number of anilines is 2. The zero-order valence-corrected chi connectivity index (χ0v) is 19.2. The molecule has 8 nitrogen and oxygen atoms in total. The first kappa shape index (κ1) is 21.8. The van der Waals surface area contributed by atoms with Gasteiger partial charge in [-0.15, -0.1) is 0 Å². The third-order valence-electron chi connectivity index (χ3n) is 5.71. The lowest BCUT2D eigenvalue weighted by Gasteiger charge is -2.16. The number of carbonyl (C=O) groups is 1. The van der Waals surface area contributed by atoms with Crippen LogP contribution >= 0.6 is 0 Å². The predicted octanol–water partition coefficient (Wildman–Crippen LogP) is 4.37. The van der Waals surface area contributed by atoms with Gasteiger partial charge in [0.2, 0.25) is 17.6 Å². The van der Waals surface area contributed by atoms with Gasteiger partial charge >= 0.3 is 0 Å². The van der Waals surface area contributed by atoms with Crippen LogP contribution in [0.1, 0.15) is 23.8 Å². The van der Waals surface area contributed by atoms with Crippen LogP contribution in [0.4, 0.5) is 11.4 Å². The summed E-state index contributed by atoms with van der Waals surface area (Å²) in [5, 5.41) is 4.06. The topological polar surface area (TPSA) is 105 Å². The van der Waals surface area contributed by atoms with Crippen LogP contribution in [-0.2, 0) is 14.8 Å². The quantitative estimate of drug-likeness (QED) is 0.445. The second-order valence-corrected chi connectivity index (χ2v) is 9.88. The molecule has 5 rings (SSSR count). The smallest absolute Gasteiger partial charge is 0.261 e. The average Bonchev–Trinajstić information content (AvgIpc) is 3.48. The number of amides is 1. The zero-order chi connectivity index (χ0) is 23.7. The van der Waals surface area contributed by atoms with E-state index in [1.807, 2.05) is 31.2 Å². The lowest BCUT2D eigenvalue weighted by atomic mass is 10.1. The van der Waals surface area contributed by atoms with Gasteiger partial charge in [-0.2, -0.15) is 4.98 Å². The number of rotatable bonds is 6.